The van der Waals surface area contributed by atoms with Crippen LogP contribution in [0, 0.1) is 19.7 Å². The van der Waals surface area contributed by atoms with Crippen molar-refractivity contribution in [3.8, 4) is 5.75 Å². The number of hydrogen-bond donors (Lipinski definition) is 1. The largest absolute Gasteiger partial charge is 0.476 e. The zero-order valence-corrected chi connectivity index (χ0v) is 19.2. The summed E-state index contributed by atoms with van der Waals surface area (Å²) in [5.74, 6) is -0.393. The third kappa shape index (κ3) is 5.01. The Morgan fingerprint density at radius 2 is 1.70 bits per heavy atom. The lowest BCUT2D eigenvalue weighted by molar-refractivity contribution is -0.127. The van der Waals surface area contributed by atoms with Gasteiger partial charge in [0.05, 0.1) is 17.1 Å². The van der Waals surface area contributed by atoms with E-state index < -0.39 is 22.0 Å². The first-order valence-electron chi connectivity index (χ1n) is 10.6. The molecule has 0 fully saturated rings. The van der Waals surface area contributed by atoms with Crippen molar-refractivity contribution in [1.82, 2.24) is 5.32 Å². The second-order valence-electron chi connectivity index (χ2n) is 8.09. The minimum absolute atomic E-state index is 0.144. The number of anilines is 1. The maximum Gasteiger partial charge on any atom is 0.264 e. The van der Waals surface area contributed by atoms with Crippen molar-refractivity contribution in [2.45, 2.75) is 31.3 Å². The van der Waals surface area contributed by atoms with Crippen LogP contribution in [0.25, 0.3) is 0 Å². The molecule has 1 amide bonds. The van der Waals surface area contributed by atoms with Crippen LogP contribution in [0.1, 0.15) is 16.7 Å². The van der Waals surface area contributed by atoms with E-state index in [1.807, 2.05) is 19.9 Å². The van der Waals surface area contributed by atoms with Gasteiger partial charge in [-0.15, -0.1) is 0 Å². The molecule has 4 rings (SSSR count). The third-order valence-electron chi connectivity index (χ3n) is 5.51. The van der Waals surface area contributed by atoms with Crippen LogP contribution in [0.15, 0.2) is 71.6 Å². The number of sulfonamides is 1. The molecule has 6 nitrogen and oxygen atoms in total. The van der Waals surface area contributed by atoms with E-state index >= 15 is 0 Å². The third-order valence-corrected chi connectivity index (χ3v) is 7.31. The lowest BCUT2D eigenvalue weighted by Gasteiger charge is -2.35. The maximum atomic E-state index is 13.5. The first-order chi connectivity index (χ1) is 15.7. The van der Waals surface area contributed by atoms with Gasteiger partial charge in [-0.1, -0.05) is 35.9 Å². The smallest absolute Gasteiger partial charge is 0.264 e. The van der Waals surface area contributed by atoms with Crippen molar-refractivity contribution in [2.75, 3.05) is 17.4 Å². The molecule has 0 bridgehead atoms. The van der Waals surface area contributed by atoms with E-state index in [9.17, 15) is 17.6 Å². The molecular formula is C25H25FN2O4S. The molecule has 0 aliphatic carbocycles. The monoisotopic (exact) mass is 468 g/mol. The molecule has 3 aromatic rings. The molecule has 0 saturated heterocycles. The lowest BCUT2D eigenvalue weighted by Crippen LogP contribution is -2.51. The molecule has 1 atom stereocenters. The summed E-state index contributed by atoms with van der Waals surface area (Å²) in [6, 6.07) is 17.9. The molecule has 0 spiro atoms. The molecule has 1 N–H and O–H groups in total. The molecule has 1 heterocycles. The molecule has 3 aromatic carbocycles. The van der Waals surface area contributed by atoms with Gasteiger partial charge in [0.15, 0.2) is 6.10 Å². The number of nitrogens with zero attached hydrogens (tertiary/aromatic N) is 1. The summed E-state index contributed by atoms with van der Waals surface area (Å²) < 4.78 is 47.1. The minimum Gasteiger partial charge on any atom is -0.476 e. The van der Waals surface area contributed by atoms with Gasteiger partial charge < -0.3 is 10.1 Å². The fraction of sp³-hybridized carbons (Fsp3) is 0.240. The topological polar surface area (TPSA) is 75.7 Å². The zero-order chi connectivity index (χ0) is 23.6. The summed E-state index contributed by atoms with van der Waals surface area (Å²) >= 11 is 0. The van der Waals surface area contributed by atoms with E-state index in [2.05, 4.69) is 5.32 Å². The number of rotatable bonds is 6. The van der Waals surface area contributed by atoms with Gasteiger partial charge in [0.2, 0.25) is 0 Å². The number of hydrogen-bond acceptors (Lipinski definition) is 4. The van der Waals surface area contributed by atoms with E-state index in [1.165, 1.54) is 16.4 Å². The highest BCUT2D eigenvalue weighted by Gasteiger charge is 2.37. The summed E-state index contributed by atoms with van der Waals surface area (Å²) in [6.07, 6.45) is -0.492. The standard InChI is InChI=1S/C25H25FN2O4S/c1-17-3-10-21(11-4-17)33(30,31)28-16-24(32-23-12-5-18(2)15-22(23)28)25(29)27-14-13-19-6-8-20(26)9-7-19/h3-12,15,24H,13-14,16H2,1-2H3,(H,27,29)/t24-/m1/s1. The average Bonchev–Trinajstić information content (AvgIpc) is 2.80. The van der Waals surface area contributed by atoms with E-state index in [0.717, 1.165) is 16.7 Å². The number of halogens is 1. The normalized spacial score (nSPS) is 15.5. The van der Waals surface area contributed by atoms with Crippen LogP contribution < -0.4 is 14.4 Å². The lowest BCUT2D eigenvalue weighted by atomic mass is 10.1. The first-order valence-corrected chi connectivity index (χ1v) is 12.1. The van der Waals surface area contributed by atoms with Gasteiger partial charge in [0, 0.05) is 6.54 Å². The molecule has 0 radical (unpaired) electrons. The van der Waals surface area contributed by atoms with Gasteiger partial charge in [-0.05, 0) is 67.8 Å². The van der Waals surface area contributed by atoms with E-state index in [4.69, 9.17) is 4.74 Å². The van der Waals surface area contributed by atoms with Crippen LogP contribution in [0.3, 0.4) is 0 Å². The molecule has 1 aliphatic rings. The number of benzene rings is 3. The first kappa shape index (κ1) is 22.8. The number of ether oxygens (including phenoxy) is 1. The van der Waals surface area contributed by atoms with Crippen molar-refractivity contribution in [3.63, 3.8) is 0 Å². The number of amides is 1. The van der Waals surface area contributed by atoms with Crippen LogP contribution in [0.4, 0.5) is 10.1 Å². The van der Waals surface area contributed by atoms with Gasteiger partial charge in [-0.2, -0.15) is 0 Å². The van der Waals surface area contributed by atoms with Gasteiger partial charge in [0.25, 0.3) is 15.9 Å². The van der Waals surface area contributed by atoms with E-state index in [-0.39, 0.29) is 17.3 Å². The highest BCUT2D eigenvalue weighted by atomic mass is 32.2. The summed E-state index contributed by atoms with van der Waals surface area (Å²) in [5.41, 5.74) is 3.12. The molecule has 8 heteroatoms. The Morgan fingerprint density at radius 1 is 1.03 bits per heavy atom. The molecule has 0 aromatic heterocycles. The Kier molecular flexibility index (Phi) is 6.37. The molecule has 0 unspecified atom stereocenters. The summed E-state index contributed by atoms with van der Waals surface area (Å²) in [4.78, 5) is 13.0. The summed E-state index contributed by atoms with van der Waals surface area (Å²) in [5, 5.41) is 2.80. The van der Waals surface area contributed by atoms with Crippen molar-refractivity contribution in [2.24, 2.45) is 0 Å². The molecule has 0 saturated carbocycles. The Hall–Kier alpha value is -3.39. The van der Waals surface area contributed by atoms with Crippen molar-refractivity contribution in [1.29, 1.82) is 0 Å². The quantitative estimate of drug-likeness (QED) is 0.598. The average molecular weight is 469 g/mol. The number of carbonyl (C=O) groups excluding carboxylic acids is 1. The van der Waals surface area contributed by atoms with Crippen molar-refractivity contribution >= 4 is 21.6 Å². The highest BCUT2D eigenvalue weighted by molar-refractivity contribution is 7.92. The molecular weight excluding hydrogens is 443 g/mol. The van der Waals surface area contributed by atoms with Crippen LogP contribution in [-0.2, 0) is 21.2 Å². The summed E-state index contributed by atoms with van der Waals surface area (Å²) in [7, 11) is -3.91. The Balaban J connectivity index is 1.55. The Bertz CT molecular complexity index is 1260. The number of aryl methyl sites for hydroxylation is 2. The van der Waals surface area contributed by atoms with Crippen molar-refractivity contribution in [3.05, 3.63) is 89.2 Å². The highest BCUT2D eigenvalue weighted by Crippen LogP contribution is 2.37. The van der Waals surface area contributed by atoms with Gasteiger partial charge in [-0.25, -0.2) is 12.8 Å². The number of fused-ring (bicyclic) bond motifs is 1. The van der Waals surface area contributed by atoms with Crippen molar-refractivity contribution < 1.29 is 22.3 Å². The second-order valence-corrected chi connectivity index (χ2v) is 9.96. The second kappa shape index (κ2) is 9.23. The Morgan fingerprint density at radius 3 is 2.39 bits per heavy atom. The van der Waals surface area contributed by atoms with Crippen LogP contribution >= 0.6 is 0 Å². The minimum atomic E-state index is -3.91. The van der Waals surface area contributed by atoms with Crippen LogP contribution in [0.5, 0.6) is 5.75 Å². The fourth-order valence-corrected chi connectivity index (χ4v) is 5.13. The SMILES string of the molecule is Cc1ccc(S(=O)(=O)N2C[C@H](C(=O)NCCc3ccc(F)cc3)Oc3ccc(C)cc32)cc1. The predicted octanol–water partition coefficient (Wildman–Crippen LogP) is 3.76. The van der Waals surface area contributed by atoms with Crippen LogP contribution in [-0.4, -0.2) is 33.5 Å². The molecule has 172 valence electrons. The molecule has 1 aliphatic heterocycles. The Labute approximate surface area is 193 Å². The van der Waals surface area contributed by atoms with Gasteiger partial charge in [-0.3, -0.25) is 9.10 Å². The van der Waals surface area contributed by atoms with Crippen LogP contribution in [0.2, 0.25) is 0 Å². The van der Waals surface area contributed by atoms with Gasteiger partial charge >= 0.3 is 0 Å². The van der Waals surface area contributed by atoms with E-state index in [0.29, 0.717) is 24.4 Å². The van der Waals surface area contributed by atoms with Gasteiger partial charge in [0.1, 0.15) is 11.6 Å². The number of carbonyl (C=O) groups is 1. The zero-order valence-electron chi connectivity index (χ0n) is 18.4. The predicted molar refractivity (Wildman–Crippen MR) is 124 cm³/mol. The fourth-order valence-electron chi connectivity index (χ4n) is 3.66. The summed E-state index contributed by atoms with van der Waals surface area (Å²) in [6.45, 7) is 3.92. The number of nitrogens with one attached hydrogen (secondary N) is 1. The van der Waals surface area contributed by atoms with E-state index in [1.54, 1.807) is 48.5 Å². The molecule has 33 heavy (non-hydrogen) atoms. The maximum absolute atomic E-state index is 13.5.